The number of halogens is 1. The lowest BCUT2D eigenvalue weighted by Gasteiger charge is -2.17. The molecule has 0 saturated carbocycles. The van der Waals surface area contributed by atoms with Gasteiger partial charge in [0.25, 0.3) is 0 Å². The van der Waals surface area contributed by atoms with Gasteiger partial charge in [0.2, 0.25) is 0 Å². The van der Waals surface area contributed by atoms with E-state index >= 15 is 0 Å². The molecular formula is C14H15FNOP. The quantitative estimate of drug-likeness (QED) is 0.858. The van der Waals surface area contributed by atoms with Gasteiger partial charge in [-0.3, -0.25) is 0 Å². The van der Waals surface area contributed by atoms with Crippen molar-refractivity contribution in [3.05, 3.63) is 48.3 Å². The lowest BCUT2D eigenvalue weighted by atomic mass is 10.3. The highest BCUT2D eigenvalue weighted by Gasteiger charge is 2.09. The van der Waals surface area contributed by atoms with Gasteiger partial charge in [-0.25, -0.2) is 4.39 Å². The molecule has 18 heavy (non-hydrogen) atoms. The van der Waals surface area contributed by atoms with E-state index in [2.05, 4.69) is 0 Å². The molecule has 1 atom stereocenters. The Balaban J connectivity index is 2.37. The minimum absolute atomic E-state index is 0.246. The zero-order valence-corrected chi connectivity index (χ0v) is 11.3. The molecule has 2 rings (SSSR count). The van der Waals surface area contributed by atoms with Crippen molar-refractivity contribution in [2.24, 2.45) is 0 Å². The predicted octanol–water partition coefficient (Wildman–Crippen LogP) is 2.23. The fraction of sp³-hybridized carbons (Fsp3) is 0.143. The van der Waals surface area contributed by atoms with Crippen LogP contribution in [0.2, 0.25) is 0 Å². The summed E-state index contributed by atoms with van der Waals surface area (Å²) in [5.74, 6) is 0.0365. The summed E-state index contributed by atoms with van der Waals surface area (Å²) in [7, 11) is 4.07. The van der Waals surface area contributed by atoms with Crippen LogP contribution >= 0.6 is 8.58 Å². The van der Waals surface area contributed by atoms with Gasteiger partial charge in [0.1, 0.15) is 11.6 Å². The highest BCUT2D eigenvalue weighted by molar-refractivity contribution is 7.56. The molecule has 0 spiro atoms. The normalized spacial score (nSPS) is 11.1. The topological polar surface area (TPSA) is 23.5 Å². The fourth-order valence-corrected chi connectivity index (χ4v) is 2.98. The van der Waals surface area contributed by atoms with Crippen molar-refractivity contribution in [1.82, 2.24) is 0 Å². The lowest BCUT2D eigenvalue weighted by molar-refractivity contribution is 0.480. The molecule has 2 aromatic rings. The first kappa shape index (κ1) is 12.8. The Labute approximate surface area is 108 Å². The maximum absolute atomic E-state index is 13.3. The Hall–Kier alpha value is -1.60. The van der Waals surface area contributed by atoms with Crippen LogP contribution in [0, 0.1) is 5.82 Å². The van der Waals surface area contributed by atoms with Crippen LogP contribution < -0.4 is 15.5 Å². The lowest BCUT2D eigenvalue weighted by Crippen LogP contribution is -2.18. The smallest absolute Gasteiger partial charge is 0.125 e. The molecule has 1 unspecified atom stereocenters. The van der Waals surface area contributed by atoms with Gasteiger partial charge in [0, 0.05) is 30.4 Å². The molecule has 0 aliphatic carbocycles. The van der Waals surface area contributed by atoms with Crippen LogP contribution in [-0.2, 0) is 0 Å². The van der Waals surface area contributed by atoms with E-state index in [0.717, 1.165) is 16.3 Å². The summed E-state index contributed by atoms with van der Waals surface area (Å²) in [6.45, 7) is 0. The number of rotatable bonds is 3. The number of hydrogen-bond donors (Lipinski definition) is 1. The average Bonchev–Trinajstić information content (AvgIpc) is 2.34. The van der Waals surface area contributed by atoms with Crippen LogP contribution in [0.4, 0.5) is 10.1 Å². The highest BCUT2D eigenvalue weighted by Crippen LogP contribution is 2.23. The first-order valence-corrected chi connectivity index (χ1v) is 6.60. The number of para-hydroxylation sites is 1. The minimum atomic E-state index is -0.246. The molecule has 0 aliphatic heterocycles. The van der Waals surface area contributed by atoms with E-state index in [1.54, 1.807) is 18.2 Å². The molecule has 0 heterocycles. The minimum Gasteiger partial charge on any atom is -0.507 e. The van der Waals surface area contributed by atoms with E-state index in [9.17, 15) is 9.50 Å². The maximum atomic E-state index is 13.3. The summed E-state index contributed by atoms with van der Waals surface area (Å²) in [4.78, 5) is 1.88. The Kier molecular flexibility index (Phi) is 3.83. The Morgan fingerprint density at radius 3 is 2.44 bits per heavy atom. The van der Waals surface area contributed by atoms with Crippen LogP contribution in [-0.4, -0.2) is 19.2 Å². The van der Waals surface area contributed by atoms with Crippen molar-refractivity contribution in [1.29, 1.82) is 0 Å². The zero-order chi connectivity index (χ0) is 13.1. The summed E-state index contributed by atoms with van der Waals surface area (Å²) < 4.78 is 13.3. The number of hydrogen-bond acceptors (Lipinski definition) is 2. The van der Waals surface area contributed by atoms with E-state index < -0.39 is 0 Å². The standard InChI is InChI=1S/C14H15FNOP/c1-16(2)11-9-10(15)7-8-13(11)18-14-6-4-3-5-12(14)17/h3-9,17-18H,1-2H3. The van der Waals surface area contributed by atoms with E-state index in [4.69, 9.17) is 0 Å². The molecule has 4 heteroatoms. The molecule has 0 radical (unpaired) electrons. The molecular weight excluding hydrogens is 248 g/mol. The predicted molar refractivity (Wildman–Crippen MR) is 76.4 cm³/mol. The van der Waals surface area contributed by atoms with Crippen LogP contribution in [0.15, 0.2) is 42.5 Å². The average molecular weight is 263 g/mol. The second-order valence-electron chi connectivity index (χ2n) is 4.20. The highest BCUT2D eigenvalue weighted by atomic mass is 31.1. The zero-order valence-electron chi connectivity index (χ0n) is 10.3. The van der Waals surface area contributed by atoms with Crippen molar-refractivity contribution in [3.63, 3.8) is 0 Å². The SMILES string of the molecule is CN(C)c1cc(F)ccc1Pc1ccccc1O. The summed E-state index contributed by atoms with van der Waals surface area (Å²) >= 11 is 0. The van der Waals surface area contributed by atoms with Gasteiger partial charge >= 0.3 is 0 Å². The van der Waals surface area contributed by atoms with Gasteiger partial charge < -0.3 is 10.0 Å². The fourth-order valence-electron chi connectivity index (χ4n) is 1.70. The molecule has 0 fully saturated rings. The van der Waals surface area contributed by atoms with Crippen molar-refractivity contribution in [2.75, 3.05) is 19.0 Å². The maximum Gasteiger partial charge on any atom is 0.125 e. The summed E-state index contributed by atoms with van der Waals surface area (Å²) in [5.41, 5.74) is 0.844. The van der Waals surface area contributed by atoms with Gasteiger partial charge in [0.05, 0.1) is 0 Å². The van der Waals surface area contributed by atoms with Crippen molar-refractivity contribution in [3.8, 4) is 5.75 Å². The van der Waals surface area contributed by atoms with E-state index in [-0.39, 0.29) is 11.6 Å². The van der Waals surface area contributed by atoms with Crippen molar-refractivity contribution < 1.29 is 9.50 Å². The summed E-state index contributed by atoms with van der Waals surface area (Å²) in [6, 6.07) is 12.0. The van der Waals surface area contributed by atoms with Crippen molar-refractivity contribution >= 4 is 24.9 Å². The van der Waals surface area contributed by atoms with Gasteiger partial charge in [-0.2, -0.15) is 0 Å². The van der Waals surface area contributed by atoms with E-state index in [0.29, 0.717) is 8.58 Å². The first-order chi connectivity index (χ1) is 8.58. The molecule has 0 saturated heterocycles. The van der Waals surface area contributed by atoms with Gasteiger partial charge in [-0.15, -0.1) is 0 Å². The molecule has 1 N–H and O–H groups in total. The van der Waals surface area contributed by atoms with E-state index in [1.807, 2.05) is 31.1 Å². The third-order valence-electron chi connectivity index (χ3n) is 2.61. The number of phenolic OH excluding ortho intramolecular Hbond substituents is 1. The molecule has 0 aliphatic rings. The Bertz CT molecular complexity index is 557. The number of aromatic hydroxyl groups is 1. The van der Waals surface area contributed by atoms with Crippen LogP contribution in [0.25, 0.3) is 0 Å². The van der Waals surface area contributed by atoms with Gasteiger partial charge in [0.15, 0.2) is 0 Å². The van der Waals surface area contributed by atoms with Gasteiger partial charge in [-0.1, -0.05) is 26.8 Å². The van der Waals surface area contributed by atoms with E-state index in [1.165, 1.54) is 12.1 Å². The van der Waals surface area contributed by atoms with Crippen LogP contribution in [0.5, 0.6) is 5.75 Å². The Morgan fingerprint density at radius 2 is 1.78 bits per heavy atom. The summed E-state index contributed by atoms with van der Waals surface area (Å²) in [5, 5.41) is 11.7. The third-order valence-corrected chi connectivity index (χ3v) is 4.00. The number of nitrogens with zero attached hydrogens (tertiary/aromatic N) is 1. The largest absolute Gasteiger partial charge is 0.507 e. The number of anilines is 1. The second-order valence-corrected chi connectivity index (χ2v) is 5.53. The third kappa shape index (κ3) is 2.80. The number of benzene rings is 2. The molecule has 0 amide bonds. The Morgan fingerprint density at radius 1 is 1.06 bits per heavy atom. The van der Waals surface area contributed by atoms with Crippen LogP contribution in [0.1, 0.15) is 0 Å². The first-order valence-electron chi connectivity index (χ1n) is 5.60. The molecule has 94 valence electrons. The monoisotopic (exact) mass is 263 g/mol. The summed E-state index contributed by atoms with van der Waals surface area (Å²) in [6.07, 6.45) is 0. The molecule has 0 bridgehead atoms. The van der Waals surface area contributed by atoms with Gasteiger partial charge in [-0.05, 0) is 24.3 Å². The van der Waals surface area contributed by atoms with Crippen LogP contribution in [0.3, 0.4) is 0 Å². The number of phenols is 1. The molecule has 2 aromatic carbocycles. The van der Waals surface area contributed by atoms with Crippen molar-refractivity contribution in [2.45, 2.75) is 0 Å². The molecule has 0 aromatic heterocycles. The molecule has 2 nitrogen and oxygen atoms in total. The second kappa shape index (κ2) is 5.36.